The molecule has 1 aromatic rings. The second kappa shape index (κ2) is 5.87. The molecule has 0 aliphatic carbocycles. The number of nitrogens with zero attached hydrogens (tertiary/aromatic N) is 1. The number of carbonyl (C=O) groups is 2. The van der Waals surface area contributed by atoms with E-state index in [4.69, 9.17) is 4.74 Å². The van der Waals surface area contributed by atoms with Gasteiger partial charge in [-0.3, -0.25) is 9.59 Å². The number of benzene rings is 1. The highest BCUT2D eigenvalue weighted by Crippen LogP contribution is 2.31. The van der Waals surface area contributed by atoms with Crippen molar-refractivity contribution < 1.29 is 14.3 Å². The summed E-state index contributed by atoms with van der Waals surface area (Å²) < 4.78 is 5.13. The van der Waals surface area contributed by atoms with Crippen LogP contribution in [0.15, 0.2) is 18.2 Å². The SMILES string of the molecule is CCCCC(=O)N1CCC(=O)c2cc(OC)ccc21. The molecule has 4 heteroatoms. The number of anilines is 1. The van der Waals surface area contributed by atoms with Crippen molar-refractivity contribution in [3.8, 4) is 5.75 Å². The van der Waals surface area contributed by atoms with E-state index >= 15 is 0 Å². The van der Waals surface area contributed by atoms with Gasteiger partial charge in [-0.1, -0.05) is 13.3 Å². The number of fused-ring (bicyclic) bond motifs is 1. The second-order valence-corrected chi connectivity index (χ2v) is 4.71. The molecule has 2 rings (SSSR count). The van der Waals surface area contributed by atoms with Crippen LogP contribution < -0.4 is 9.64 Å². The van der Waals surface area contributed by atoms with E-state index in [1.807, 2.05) is 0 Å². The lowest BCUT2D eigenvalue weighted by Gasteiger charge is -2.29. The van der Waals surface area contributed by atoms with Gasteiger partial charge in [0, 0.05) is 24.9 Å². The molecule has 1 aromatic carbocycles. The molecule has 1 amide bonds. The van der Waals surface area contributed by atoms with E-state index in [9.17, 15) is 9.59 Å². The van der Waals surface area contributed by atoms with Crippen LogP contribution in [0.25, 0.3) is 0 Å². The minimum atomic E-state index is 0.0773. The van der Waals surface area contributed by atoms with Crippen molar-refractivity contribution >= 4 is 17.4 Å². The van der Waals surface area contributed by atoms with Crippen LogP contribution in [0.5, 0.6) is 5.75 Å². The normalized spacial score (nSPS) is 14.2. The topological polar surface area (TPSA) is 46.6 Å². The number of ketones is 1. The molecule has 0 bridgehead atoms. The van der Waals surface area contributed by atoms with Crippen molar-refractivity contribution in [2.24, 2.45) is 0 Å². The molecule has 0 saturated carbocycles. The molecule has 0 atom stereocenters. The molecule has 102 valence electrons. The Morgan fingerprint density at radius 3 is 2.89 bits per heavy atom. The van der Waals surface area contributed by atoms with E-state index < -0.39 is 0 Å². The zero-order valence-electron chi connectivity index (χ0n) is 11.4. The van der Waals surface area contributed by atoms with Crippen LogP contribution in [0.1, 0.15) is 43.0 Å². The van der Waals surface area contributed by atoms with Gasteiger partial charge in [-0.15, -0.1) is 0 Å². The fraction of sp³-hybridized carbons (Fsp3) is 0.467. The third kappa shape index (κ3) is 2.78. The summed E-state index contributed by atoms with van der Waals surface area (Å²) in [6.45, 7) is 2.55. The molecule has 1 aliphatic heterocycles. The summed E-state index contributed by atoms with van der Waals surface area (Å²) >= 11 is 0. The summed E-state index contributed by atoms with van der Waals surface area (Å²) in [5.41, 5.74) is 1.31. The molecule has 0 N–H and O–H groups in total. The lowest BCUT2D eigenvalue weighted by atomic mass is 9.99. The van der Waals surface area contributed by atoms with Crippen molar-refractivity contribution in [3.63, 3.8) is 0 Å². The average molecular weight is 261 g/mol. The number of hydrogen-bond donors (Lipinski definition) is 0. The molecule has 1 heterocycles. The largest absolute Gasteiger partial charge is 0.497 e. The highest BCUT2D eigenvalue weighted by molar-refractivity contribution is 6.09. The number of amides is 1. The van der Waals surface area contributed by atoms with Gasteiger partial charge >= 0.3 is 0 Å². The Morgan fingerprint density at radius 1 is 1.42 bits per heavy atom. The van der Waals surface area contributed by atoms with Gasteiger partial charge in [0.2, 0.25) is 5.91 Å². The zero-order chi connectivity index (χ0) is 13.8. The van der Waals surface area contributed by atoms with E-state index in [1.165, 1.54) is 0 Å². The quantitative estimate of drug-likeness (QED) is 0.837. The van der Waals surface area contributed by atoms with Crippen molar-refractivity contribution in [1.82, 2.24) is 0 Å². The Bertz CT molecular complexity index is 496. The molecular weight excluding hydrogens is 242 g/mol. The number of carbonyl (C=O) groups excluding carboxylic acids is 2. The number of ether oxygens (including phenoxy) is 1. The number of hydrogen-bond acceptors (Lipinski definition) is 3. The van der Waals surface area contributed by atoms with Crippen LogP contribution in [0.2, 0.25) is 0 Å². The van der Waals surface area contributed by atoms with Gasteiger partial charge in [0.25, 0.3) is 0 Å². The number of rotatable bonds is 4. The minimum absolute atomic E-state index is 0.0773. The van der Waals surface area contributed by atoms with E-state index in [0.717, 1.165) is 18.5 Å². The molecule has 0 fully saturated rings. The lowest BCUT2D eigenvalue weighted by Crippen LogP contribution is -2.37. The molecule has 0 radical (unpaired) electrons. The van der Waals surface area contributed by atoms with E-state index in [2.05, 4.69) is 6.92 Å². The molecule has 4 nitrogen and oxygen atoms in total. The Balaban J connectivity index is 2.29. The molecule has 0 aromatic heterocycles. The van der Waals surface area contributed by atoms with Gasteiger partial charge in [-0.2, -0.15) is 0 Å². The first-order chi connectivity index (χ1) is 9.17. The highest BCUT2D eigenvalue weighted by atomic mass is 16.5. The van der Waals surface area contributed by atoms with Crippen LogP contribution in [-0.2, 0) is 4.79 Å². The number of methoxy groups -OCH3 is 1. The molecular formula is C15H19NO3. The van der Waals surface area contributed by atoms with Crippen molar-refractivity contribution in [2.75, 3.05) is 18.6 Å². The summed E-state index contributed by atoms with van der Waals surface area (Å²) in [7, 11) is 1.57. The number of unbranched alkanes of at least 4 members (excludes halogenated alkanes) is 1. The monoisotopic (exact) mass is 261 g/mol. The third-order valence-electron chi connectivity index (χ3n) is 3.40. The maximum atomic E-state index is 12.2. The highest BCUT2D eigenvalue weighted by Gasteiger charge is 2.27. The fourth-order valence-electron chi connectivity index (χ4n) is 2.29. The van der Waals surface area contributed by atoms with Crippen LogP contribution in [-0.4, -0.2) is 25.3 Å². The summed E-state index contributed by atoms with van der Waals surface area (Å²) in [6, 6.07) is 5.31. The Hall–Kier alpha value is -1.84. The third-order valence-corrected chi connectivity index (χ3v) is 3.40. The molecule has 1 aliphatic rings. The van der Waals surface area contributed by atoms with Gasteiger partial charge in [0.15, 0.2) is 5.78 Å². The summed E-state index contributed by atoms with van der Waals surface area (Å²) in [5.74, 6) is 0.823. The maximum Gasteiger partial charge on any atom is 0.227 e. The van der Waals surface area contributed by atoms with E-state index in [-0.39, 0.29) is 11.7 Å². The van der Waals surface area contributed by atoms with Gasteiger partial charge in [0.05, 0.1) is 12.8 Å². The summed E-state index contributed by atoms with van der Waals surface area (Å²) in [6.07, 6.45) is 2.80. The van der Waals surface area contributed by atoms with E-state index in [0.29, 0.717) is 30.7 Å². The Kier molecular flexibility index (Phi) is 4.20. The van der Waals surface area contributed by atoms with Gasteiger partial charge in [-0.25, -0.2) is 0 Å². The molecule has 0 saturated heterocycles. The van der Waals surface area contributed by atoms with Crippen molar-refractivity contribution in [2.45, 2.75) is 32.6 Å². The van der Waals surface area contributed by atoms with Gasteiger partial charge in [-0.05, 0) is 24.6 Å². The zero-order valence-corrected chi connectivity index (χ0v) is 11.4. The second-order valence-electron chi connectivity index (χ2n) is 4.71. The Morgan fingerprint density at radius 2 is 2.21 bits per heavy atom. The fourth-order valence-corrected chi connectivity index (χ4v) is 2.29. The van der Waals surface area contributed by atoms with Crippen LogP contribution in [0, 0.1) is 0 Å². The summed E-state index contributed by atoms with van der Waals surface area (Å²) in [4.78, 5) is 25.8. The standard InChI is InChI=1S/C15H19NO3/c1-3-4-5-15(18)16-9-8-14(17)12-10-11(19-2)6-7-13(12)16/h6-7,10H,3-5,8-9H2,1-2H3. The van der Waals surface area contributed by atoms with Crippen molar-refractivity contribution in [3.05, 3.63) is 23.8 Å². The molecule has 0 unspecified atom stereocenters. The average Bonchev–Trinajstić information content (AvgIpc) is 2.45. The van der Waals surface area contributed by atoms with Gasteiger partial charge in [0.1, 0.15) is 5.75 Å². The van der Waals surface area contributed by atoms with Crippen LogP contribution in [0.3, 0.4) is 0 Å². The van der Waals surface area contributed by atoms with Crippen LogP contribution in [0.4, 0.5) is 5.69 Å². The first-order valence-corrected chi connectivity index (χ1v) is 6.69. The smallest absolute Gasteiger partial charge is 0.227 e. The van der Waals surface area contributed by atoms with Crippen LogP contribution >= 0.6 is 0 Å². The lowest BCUT2D eigenvalue weighted by molar-refractivity contribution is -0.118. The van der Waals surface area contributed by atoms with E-state index in [1.54, 1.807) is 30.2 Å². The first kappa shape index (κ1) is 13.6. The maximum absolute atomic E-state index is 12.2. The van der Waals surface area contributed by atoms with Crippen molar-refractivity contribution in [1.29, 1.82) is 0 Å². The summed E-state index contributed by atoms with van der Waals surface area (Å²) in [5, 5.41) is 0. The number of Topliss-reactive ketones (excluding diaryl/α,β-unsaturated/α-hetero) is 1. The molecule has 19 heavy (non-hydrogen) atoms. The minimum Gasteiger partial charge on any atom is -0.497 e. The predicted octanol–water partition coefficient (Wildman–Crippen LogP) is 2.80. The Labute approximate surface area is 113 Å². The predicted molar refractivity (Wildman–Crippen MR) is 73.8 cm³/mol. The first-order valence-electron chi connectivity index (χ1n) is 6.69. The van der Waals surface area contributed by atoms with Gasteiger partial charge < -0.3 is 9.64 Å². The molecule has 0 spiro atoms.